The third kappa shape index (κ3) is 0.806. The van der Waals surface area contributed by atoms with Crippen LogP contribution in [0.1, 0.15) is 12.8 Å². The number of rotatable bonds is 0. The number of carbonyl (C=O) groups is 2. The highest BCUT2D eigenvalue weighted by atomic mass is 16.6. The van der Waals surface area contributed by atoms with E-state index in [4.69, 9.17) is 9.47 Å². The van der Waals surface area contributed by atoms with E-state index in [1.807, 2.05) is 0 Å². The van der Waals surface area contributed by atoms with Crippen molar-refractivity contribution in [1.82, 2.24) is 0 Å². The summed E-state index contributed by atoms with van der Waals surface area (Å²) in [6.45, 7) is 0. The summed E-state index contributed by atoms with van der Waals surface area (Å²) in [4.78, 5) is 26.2. The Morgan fingerprint density at radius 2 is 0.900 bits per heavy atom. The van der Waals surface area contributed by atoms with Crippen LogP contribution in [0.3, 0.4) is 0 Å². The van der Waals surface area contributed by atoms with E-state index >= 15 is 0 Å². The van der Waals surface area contributed by atoms with Gasteiger partial charge in [-0.15, -0.1) is 0 Å². The zero-order valence-corrected chi connectivity index (χ0v) is 11.0. The molecule has 7 rings (SSSR count). The maximum atomic E-state index is 13.1. The molecule has 2 aliphatic heterocycles. The molecule has 4 bridgehead atoms. The first-order valence-corrected chi connectivity index (χ1v) is 8.14. The van der Waals surface area contributed by atoms with Crippen molar-refractivity contribution < 1.29 is 19.1 Å². The summed E-state index contributed by atoms with van der Waals surface area (Å²) in [6, 6.07) is 0. The molecular formula is C16H16O4. The number of fused-ring (bicyclic) bond motifs is 16. The fourth-order valence-corrected chi connectivity index (χ4v) is 7.28. The number of Topliss-reactive ketones (excluding diaryl/α,β-unsaturated/α-hetero) is 2. The predicted octanol–water partition coefficient (Wildman–Crippen LogP) is 0.437. The van der Waals surface area contributed by atoms with Crippen LogP contribution < -0.4 is 0 Å². The lowest BCUT2D eigenvalue weighted by Crippen LogP contribution is -2.53. The van der Waals surface area contributed by atoms with E-state index in [9.17, 15) is 9.59 Å². The first kappa shape index (κ1) is 10.1. The monoisotopic (exact) mass is 272 g/mol. The normalized spacial score (nSPS) is 73.4. The van der Waals surface area contributed by atoms with Gasteiger partial charge in [0.1, 0.15) is 11.6 Å². The fourth-order valence-electron chi connectivity index (χ4n) is 7.28. The highest BCUT2D eigenvalue weighted by Crippen LogP contribution is 2.70. The lowest BCUT2D eigenvalue weighted by atomic mass is 9.58. The van der Waals surface area contributed by atoms with E-state index in [0.717, 1.165) is 12.8 Å². The molecule has 0 aromatic carbocycles. The fraction of sp³-hybridized carbons (Fsp3) is 0.875. The van der Waals surface area contributed by atoms with Crippen LogP contribution in [-0.2, 0) is 19.1 Å². The molecule has 2 heterocycles. The van der Waals surface area contributed by atoms with Crippen LogP contribution in [0.2, 0.25) is 0 Å². The minimum Gasteiger partial charge on any atom is -0.369 e. The number of hydrogen-bond acceptors (Lipinski definition) is 4. The molecule has 104 valence electrons. The van der Waals surface area contributed by atoms with Gasteiger partial charge in [0, 0.05) is 23.7 Å². The Morgan fingerprint density at radius 1 is 0.600 bits per heavy atom. The van der Waals surface area contributed by atoms with Crippen molar-refractivity contribution in [3.05, 3.63) is 0 Å². The Balaban J connectivity index is 1.39. The topological polar surface area (TPSA) is 59.2 Å². The van der Waals surface area contributed by atoms with Crippen LogP contribution in [0.5, 0.6) is 0 Å². The maximum Gasteiger partial charge on any atom is 0.141 e. The lowest BCUT2D eigenvalue weighted by molar-refractivity contribution is -0.150. The molecule has 20 heavy (non-hydrogen) atoms. The van der Waals surface area contributed by atoms with E-state index in [2.05, 4.69) is 0 Å². The Morgan fingerprint density at radius 3 is 1.20 bits per heavy atom. The van der Waals surface area contributed by atoms with E-state index in [1.165, 1.54) is 0 Å². The minimum absolute atomic E-state index is 0.00838. The Labute approximate surface area is 116 Å². The zero-order chi connectivity index (χ0) is 12.9. The van der Waals surface area contributed by atoms with Gasteiger partial charge >= 0.3 is 0 Å². The lowest BCUT2D eigenvalue weighted by Gasteiger charge is -2.41. The first-order valence-electron chi connectivity index (χ1n) is 8.14. The van der Waals surface area contributed by atoms with E-state index < -0.39 is 0 Å². The van der Waals surface area contributed by atoms with Crippen molar-refractivity contribution >= 4 is 11.6 Å². The van der Waals surface area contributed by atoms with Gasteiger partial charge in [0.05, 0.1) is 24.4 Å². The molecule has 0 aromatic rings. The van der Waals surface area contributed by atoms with Crippen molar-refractivity contribution in [2.45, 2.75) is 37.3 Å². The van der Waals surface area contributed by atoms with Crippen molar-refractivity contribution in [1.29, 1.82) is 0 Å². The van der Waals surface area contributed by atoms with Gasteiger partial charge in [0.2, 0.25) is 0 Å². The molecule has 12 atom stereocenters. The molecule has 0 N–H and O–H groups in total. The molecule has 4 nitrogen and oxygen atoms in total. The predicted molar refractivity (Wildman–Crippen MR) is 64.5 cm³/mol. The highest BCUT2D eigenvalue weighted by molar-refractivity contribution is 6.02. The van der Waals surface area contributed by atoms with E-state index in [-0.39, 0.29) is 23.7 Å². The Hall–Kier alpha value is -0.740. The second kappa shape index (κ2) is 2.66. The highest BCUT2D eigenvalue weighted by Gasteiger charge is 2.78. The second-order valence-electron chi connectivity index (χ2n) is 8.17. The van der Waals surface area contributed by atoms with Crippen LogP contribution in [-0.4, -0.2) is 36.0 Å². The second-order valence-corrected chi connectivity index (χ2v) is 8.17. The summed E-state index contributed by atoms with van der Waals surface area (Å²) >= 11 is 0. The van der Waals surface area contributed by atoms with Gasteiger partial charge in [-0.1, -0.05) is 0 Å². The van der Waals surface area contributed by atoms with Crippen LogP contribution in [0.4, 0.5) is 0 Å². The molecule has 5 saturated carbocycles. The van der Waals surface area contributed by atoms with Crippen LogP contribution in [0, 0.1) is 47.3 Å². The molecule has 0 spiro atoms. The van der Waals surface area contributed by atoms with Gasteiger partial charge in [-0.3, -0.25) is 9.59 Å². The summed E-state index contributed by atoms with van der Waals surface area (Å²) in [6.07, 6.45) is 3.41. The third-order valence-electron chi connectivity index (χ3n) is 7.83. The number of epoxide rings is 2. The average molecular weight is 272 g/mol. The van der Waals surface area contributed by atoms with Gasteiger partial charge in [0.15, 0.2) is 0 Å². The van der Waals surface area contributed by atoms with Gasteiger partial charge in [-0.2, -0.15) is 0 Å². The summed E-state index contributed by atoms with van der Waals surface area (Å²) in [5.41, 5.74) is 0. The molecule has 7 aliphatic rings. The number of carbonyl (C=O) groups excluding carboxylic acids is 2. The molecule has 0 radical (unpaired) electrons. The summed E-state index contributed by atoms with van der Waals surface area (Å²) in [5.74, 6) is 2.32. The summed E-state index contributed by atoms with van der Waals surface area (Å²) < 4.78 is 11.4. The minimum atomic E-state index is 0.00838. The number of ketones is 2. The SMILES string of the molecule is O=C1[C@@H]2[C@H]3C[C@@H]([C@@H]4O[C@H]34)[C@@H]2C(=O)[C@@H]2[C@H]3C[C@@H]([C@@H]4O[C@H]34)[C@H]12. The molecule has 0 aromatic heterocycles. The van der Waals surface area contributed by atoms with Crippen LogP contribution in [0.25, 0.3) is 0 Å². The molecular weight excluding hydrogens is 256 g/mol. The van der Waals surface area contributed by atoms with Crippen LogP contribution >= 0.6 is 0 Å². The molecule has 0 unspecified atom stereocenters. The summed E-state index contributed by atoms with van der Waals surface area (Å²) in [7, 11) is 0. The van der Waals surface area contributed by atoms with Gasteiger partial charge in [0.25, 0.3) is 0 Å². The van der Waals surface area contributed by atoms with E-state index in [1.54, 1.807) is 0 Å². The zero-order valence-electron chi connectivity index (χ0n) is 11.0. The summed E-state index contributed by atoms with van der Waals surface area (Å²) in [5, 5.41) is 0. The smallest absolute Gasteiger partial charge is 0.141 e. The molecule has 7 fully saturated rings. The largest absolute Gasteiger partial charge is 0.369 e. The van der Waals surface area contributed by atoms with Gasteiger partial charge in [-0.25, -0.2) is 0 Å². The van der Waals surface area contributed by atoms with E-state index in [0.29, 0.717) is 59.7 Å². The average Bonchev–Trinajstić information content (AvgIpc) is 3.29. The van der Waals surface area contributed by atoms with Crippen LogP contribution in [0.15, 0.2) is 0 Å². The van der Waals surface area contributed by atoms with Crippen molar-refractivity contribution in [3.63, 3.8) is 0 Å². The van der Waals surface area contributed by atoms with Crippen molar-refractivity contribution in [2.24, 2.45) is 47.3 Å². The van der Waals surface area contributed by atoms with Gasteiger partial charge in [-0.05, 0) is 36.5 Å². The molecule has 2 saturated heterocycles. The number of ether oxygens (including phenoxy) is 2. The van der Waals surface area contributed by atoms with Crippen molar-refractivity contribution in [2.75, 3.05) is 0 Å². The Kier molecular flexibility index (Phi) is 1.34. The standard InChI is InChI=1S/C16H16O4/c17-11-7-3-1-4(14-13(3)19-14)8(7)12(18)10-6-2-5(9(10)11)15-16(6)20-15/h3-10,13-16H,1-2H2/t3-,4-,5-,6-,7-,8+,9+,10-,13-,14+,15+,16-/m1/s1. The number of hydrogen-bond donors (Lipinski definition) is 0. The maximum absolute atomic E-state index is 13.1. The first-order chi connectivity index (χ1) is 9.75. The molecule has 0 amide bonds. The quantitative estimate of drug-likeness (QED) is 0.600. The Bertz CT molecular complexity index is 503. The molecule has 5 aliphatic carbocycles. The van der Waals surface area contributed by atoms with Gasteiger partial charge < -0.3 is 9.47 Å². The third-order valence-corrected chi connectivity index (χ3v) is 7.83. The molecule has 4 heteroatoms. The van der Waals surface area contributed by atoms with Crippen molar-refractivity contribution in [3.8, 4) is 0 Å².